The lowest BCUT2D eigenvalue weighted by Crippen LogP contribution is -2.48. The van der Waals surface area contributed by atoms with Gasteiger partial charge in [0.05, 0.1) is 36.2 Å². The first-order valence-corrected chi connectivity index (χ1v) is 13.8. The second kappa shape index (κ2) is 11.2. The number of esters is 1. The van der Waals surface area contributed by atoms with E-state index in [1.54, 1.807) is 18.2 Å². The summed E-state index contributed by atoms with van der Waals surface area (Å²) in [6.45, 7) is 5.40. The molecule has 9 nitrogen and oxygen atoms in total. The first-order valence-electron chi connectivity index (χ1n) is 13.8. The van der Waals surface area contributed by atoms with Gasteiger partial charge < -0.3 is 25.2 Å². The minimum Gasteiger partial charge on any atom is -0.465 e. The van der Waals surface area contributed by atoms with Gasteiger partial charge in [-0.2, -0.15) is 0 Å². The summed E-state index contributed by atoms with van der Waals surface area (Å²) in [6.07, 6.45) is 0. The number of piperazine rings is 1. The molecule has 9 heteroatoms. The van der Waals surface area contributed by atoms with Crippen LogP contribution in [0.25, 0.3) is 11.3 Å². The maximum atomic E-state index is 13.3. The number of carbonyl (C=O) groups is 3. The molecule has 3 aliphatic heterocycles. The van der Waals surface area contributed by atoms with Crippen LogP contribution >= 0.6 is 0 Å². The van der Waals surface area contributed by atoms with E-state index in [0.29, 0.717) is 47.7 Å². The summed E-state index contributed by atoms with van der Waals surface area (Å²) in [4.78, 5) is 44.9. The minimum atomic E-state index is -0.463. The van der Waals surface area contributed by atoms with Gasteiger partial charge in [-0.3, -0.25) is 14.5 Å². The number of nitrogens with zero attached hydrogens (tertiary/aromatic N) is 3. The van der Waals surface area contributed by atoms with Crippen LogP contribution in [-0.4, -0.2) is 79.4 Å². The lowest BCUT2D eigenvalue weighted by Gasteiger charge is -2.32. The molecule has 1 saturated heterocycles. The number of amides is 2. The van der Waals surface area contributed by atoms with Crippen LogP contribution in [0.5, 0.6) is 0 Å². The quantitative estimate of drug-likeness (QED) is 0.358. The number of anilines is 2. The zero-order valence-electron chi connectivity index (χ0n) is 23.3. The Bertz CT molecular complexity index is 1540. The van der Waals surface area contributed by atoms with Crippen LogP contribution in [0.4, 0.5) is 11.4 Å². The van der Waals surface area contributed by atoms with Crippen molar-refractivity contribution in [3.8, 4) is 0 Å². The SMILES string of the molecule is COC(=O)c1ccc2c(c1)NC(=O)/C2=C(\Nc1ccc2c(c1)CN(C(=O)CN1CCN(C)CC1)C2)c1ccccc1. The maximum absolute atomic E-state index is 13.3. The highest BCUT2D eigenvalue weighted by molar-refractivity contribution is 6.37. The van der Waals surface area contributed by atoms with E-state index >= 15 is 0 Å². The average Bonchev–Trinajstić information content (AvgIpc) is 3.56. The van der Waals surface area contributed by atoms with Crippen LogP contribution in [-0.2, 0) is 27.4 Å². The standard InChI is InChI=1S/C32H33N5O4/c1-35-12-14-36(15-13-35)20-28(38)37-18-23-8-10-25(16-24(23)19-37)33-30(21-6-4-3-5-7-21)29-26-11-9-22(32(40)41-2)17-27(26)34-31(29)39/h3-11,16-17,33H,12-15,18-20H2,1-2H3,(H,34,39)/b30-29-. The molecule has 0 aliphatic carbocycles. The first-order chi connectivity index (χ1) is 19.9. The molecule has 2 N–H and O–H groups in total. The van der Waals surface area contributed by atoms with E-state index in [1.807, 2.05) is 41.3 Å². The van der Waals surface area contributed by atoms with Crippen LogP contribution in [0.15, 0.2) is 66.7 Å². The van der Waals surface area contributed by atoms with Crippen LogP contribution in [0.1, 0.15) is 32.6 Å². The first kappa shape index (κ1) is 26.7. The predicted molar refractivity (Wildman–Crippen MR) is 158 cm³/mol. The fraction of sp³-hybridized carbons (Fsp3) is 0.281. The number of rotatable bonds is 6. The van der Waals surface area contributed by atoms with Gasteiger partial charge in [0.25, 0.3) is 5.91 Å². The molecule has 3 aromatic carbocycles. The summed E-state index contributed by atoms with van der Waals surface area (Å²) in [7, 11) is 3.44. The van der Waals surface area contributed by atoms with Gasteiger partial charge in [0.1, 0.15) is 0 Å². The molecule has 0 bridgehead atoms. The highest BCUT2D eigenvalue weighted by atomic mass is 16.5. The maximum Gasteiger partial charge on any atom is 0.337 e. The van der Waals surface area contributed by atoms with Crippen molar-refractivity contribution in [2.24, 2.45) is 0 Å². The molecule has 3 heterocycles. The Morgan fingerprint density at radius 1 is 0.902 bits per heavy atom. The monoisotopic (exact) mass is 551 g/mol. The summed E-state index contributed by atoms with van der Waals surface area (Å²) in [5.41, 5.74) is 6.70. The average molecular weight is 552 g/mol. The van der Waals surface area contributed by atoms with Gasteiger partial charge in [-0.1, -0.05) is 42.5 Å². The smallest absolute Gasteiger partial charge is 0.337 e. The molecule has 210 valence electrons. The number of benzene rings is 3. The van der Waals surface area contributed by atoms with E-state index in [4.69, 9.17) is 4.74 Å². The normalized spacial score (nSPS) is 18.0. The highest BCUT2D eigenvalue weighted by Gasteiger charge is 2.30. The van der Waals surface area contributed by atoms with Gasteiger partial charge in [-0.05, 0) is 48.0 Å². The van der Waals surface area contributed by atoms with Gasteiger partial charge in [0.2, 0.25) is 5.91 Å². The van der Waals surface area contributed by atoms with Crippen LogP contribution in [0, 0.1) is 0 Å². The van der Waals surface area contributed by atoms with Crippen molar-refractivity contribution in [1.82, 2.24) is 14.7 Å². The van der Waals surface area contributed by atoms with Crippen molar-refractivity contribution in [3.63, 3.8) is 0 Å². The summed E-state index contributed by atoms with van der Waals surface area (Å²) in [6, 6.07) is 20.9. The Balaban J connectivity index is 1.26. The van der Waals surface area contributed by atoms with Gasteiger partial charge >= 0.3 is 5.97 Å². The number of methoxy groups -OCH3 is 1. The molecule has 1 fully saturated rings. The van der Waals surface area contributed by atoms with Crippen molar-refractivity contribution < 1.29 is 19.1 Å². The summed E-state index contributed by atoms with van der Waals surface area (Å²) in [5.74, 6) is -0.566. The second-order valence-corrected chi connectivity index (χ2v) is 10.8. The lowest BCUT2D eigenvalue weighted by atomic mass is 9.98. The van der Waals surface area contributed by atoms with Gasteiger partial charge in [-0.25, -0.2) is 4.79 Å². The molecular formula is C32H33N5O4. The number of ether oxygens (including phenoxy) is 1. The van der Waals surface area contributed by atoms with Crippen molar-refractivity contribution in [1.29, 1.82) is 0 Å². The second-order valence-electron chi connectivity index (χ2n) is 10.8. The Morgan fingerprint density at radius 3 is 2.41 bits per heavy atom. The van der Waals surface area contributed by atoms with Gasteiger partial charge in [-0.15, -0.1) is 0 Å². The van der Waals surface area contributed by atoms with E-state index in [0.717, 1.165) is 48.6 Å². The molecule has 3 aromatic rings. The van der Waals surface area contributed by atoms with E-state index in [2.05, 4.69) is 39.6 Å². The molecule has 0 unspecified atom stereocenters. The van der Waals surface area contributed by atoms with Crippen molar-refractivity contribution >= 4 is 40.4 Å². The Labute approximate surface area is 239 Å². The zero-order chi connectivity index (χ0) is 28.5. The van der Waals surface area contributed by atoms with E-state index < -0.39 is 5.97 Å². The number of hydrogen-bond donors (Lipinski definition) is 2. The van der Waals surface area contributed by atoms with E-state index in [-0.39, 0.29) is 11.8 Å². The molecule has 41 heavy (non-hydrogen) atoms. The molecule has 0 aromatic heterocycles. The molecule has 2 amide bonds. The van der Waals surface area contributed by atoms with Crippen molar-refractivity contribution in [3.05, 3.63) is 94.5 Å². The molecule has 0 radical (unpaired) electrons. The van der Waals surface area contributed by atoms with Crippen molar-refractivity contribution in [2.75, 3.05) is 57.5 Å². The predicted octanol–water partition coefficient (Wildman–Crippen LogP) is 3.50. The molecule has 0 saturated carbocycles. The minimum absolute atomic E-state index is 0.151. The van der Waals surface area contributed by atoms with Crippen LogP contribution < -0.4 is 10.6 Å². The number of nitrogens with one attached hydrogen (secondary N) is 2. The van der Waals surface area contributed by atoms with Crippen molar-refractivity contribution in [2.45, 2.75) is 13.1 Å². The van der Waals surface area contributed by atoms with E-state index in [9.17, 15) is 14.4 Å². The summed E-state index contributed by atoms with van der Waals surface area (Å²) < 4.78 is 4.84. The molecular weight excluding hydrogens is 518 g/mol. The number of carbonyl (C=O) groups excluding carboxylic acids is 3. The van der Waals surface area contributed by atoms with Crippen LogP contribution in [0.3, 0.4) is 0 Å². The topological polar surface area (TPSA) is 94.2 Å². The highest BCUT2D eigenvalue weighted by Crippen LogP contribution is 2.38. The third-order valence-electron chi connectivity index (χ3n) is 8.00. The van der Waals surface area contributed by atoms with Gasteiger partial charge in [0, 0.05) is 50.5 Å². The Kier molecular flexibility index (Phi) is 7.30. The third-order valence-corrected chi connectivity index (χ3v) is 8.00. The number of hydrogen-bond acceptors (Lipinski definition) is 7. The molecule has 0 spiro atoms. The van der Waals surface area contributed by atoms with Crippen LogP contribution in [0.2, 0.25) is 0 Å². The third kappa shape index (κ3) is 5.46. The molecule has 6 rings (SSSR count). The number of fused-ring (bicyclic) bond motifs is 2. The summed E-state index contributed by atoms with van der Waals surface area (Å²) in [5, 5.41) is 6.41. The zero-order valence-corrected chi connectivity index (χ0v) is 23.3. The fourth-order valence-corrected chi connectivity index (χ4v) is 5.64. The number of likely N-dealkylation sites (N-methyl/N-ethyl adjacent to an activating group) is 1. The lowest BCUT2D eigenvalue weighted by molar-refractivity contribution is -0.133. The summed E-state index contributed by atoms with van der Waals surface area (Å²) >= 11 is 0. The molecule has 3 aliphatic rings. The van der Waals surface area contributed by atoms with Gasteiger partial charge in [0.15, 0.2) is 0 Å². The Hall–Kier alpha value is -4.47. The largest absolute Gasteiger partial charge is 0.465 e. The molecule has 0 atom stereocenters. The fourth-order valence-electron chi connectivity index (χ4n) is 5.64. The Morgan fingerprint density at radius 2 is 1.66 bits per heavy atom. The van der Waals surface area contributed by atoms with E-state index in [1.165, 1.54) is 7.11 Å².